The van der Waals surface area contributed by atoms with Gasteiger partial charge in [-0.15, -0.1) is 0 Å². The Balaban J connectivity index is 1.62. The highest BCUT2D eigenvalue weighted by molar-refractivity contribution is 6.35. The highest BCUT2D eigenvalue weighted by Crippen LogP contribution is 2.29. The van der Waals surface area contributed by atoms with Gasteiger partial charge in [0.15, 0.2) is 0 Å². The second-order valence-electron chi connectivity index (χ2n) is 8.36. The summed E-state index contributed by atoms with van der Waals surface area (Å²) in [5.74, 6) is 0. The molecule has 7 heteroatoms. The molecule has 1 heterocycles. The normalized spacial score (nSPS) is 14.4. The van der Waals surface area contributed by atoms with Gasteiger partial charge in [-0.3, -0.25) is 4.90 Å². The number of nitrogens with one attached hydrogen (secondary N) is 1. The Labute approximate surface area is 210 Å². The summed E-state index contributed by atoms with van der Waals surface area (Å²) >= 11 is 12.3. The number of nitriles is 1. The molecule has 1 saturated heterocycles. The molecule has 34 heavy (non-hydrogen) atoms. The minimum atomic E-state index is -0.215. The SMILES string of the molecule is CCN1CCC(N(C(=O)Nc2cc(Cl)cc(Cl)c2)c2ccc(-c3cccc(C#N)c3)cc2)CC1. The lowest BCUT2D eigenvalue weighted by atomic mass is 10.0. The first-order valence-corrected chi connectivity index (χ1v) is 12.1. The molecule has 174 valence electrons. The van der Waals surface area contributed by atoms with E-state index < -0.39 is 0 Å². The molecule has 0 bridgehead atoms. The Morgan fingerprint density at radius 3 is 2.32 bits per heavy atom. The van der Waals surface area contributed by atoms with E-state index in [0.717, 1.165) is 49.3 Å². The van der Waals surface area contributed by atoms with E-state index in [2.05, 4.69) is 23.2 Å². The molecule has 0 atom stereocenters. The van der Waals surface area contributed by atoms with E-state index in [1.54, 1.807) is 24.3 Å². The molecule has 0 radical (unpaired) electrons. The van der Waals surface area contributed by atoms with Crippen LogP contribution in [0.1, 0.15) is 25.3 Å². The fraction of sp³-hybridized carbons (Fsp3) is 0.259. The van der Waals surface area contributed by atoms with E-state index >= 15 is 0 Å². The number of hydrogen-bond donors (Lipinski definition) is 1. The molecular formula is C27H26Cl2N4O. The highest BCUT2D eigenvalue weighted by atomic mass is 35.5. The summed E-state index contributed by atoms with van der Waals surface area (Å²) in [5.41, 5.74) is 3.95. The van der Waals surface area contributed by atoms with Crippen molar-refractivity contribution in [2.45, 2.75) is 25.8 Å². The van der Waals surface area contributed by atoms with Crippen molar-refractivity contribution in [2.75, 3.05) is 29.9 Å². The van der Waals surface area contributed by atoms with Gasteiger partial charge in [0.2, 0.25) is 0 Å². The number of urea groups is 1. The maximum atomic E-state index is 13.5. The Kier molecular flexibility index (Phi) is 7.74. The summed E-state index contributed by atoms with van der Waals surface area (Å²) in [7, 11) is 0. The Morgan fingerprint density at radius 1 is 1.03 bits per heavy atom. The Morgan fingerprint density at radius 2 is 1.71 bits per heavy atom. The minimum Gasteiger partial charge on any atom is -0.307 e. The second kappa shape index (κ2) is 10.9. The summed E-state index contributed by atoms with van der Waals surface area (Å²) in [6, 6.07) is 22.5. The summed E-state index contributed by atoms with van der Waals surface area (Å²) in [5, 5.41) is 13.1. The monoisotopic (exact) mass is 492 g/mol. The van der Waals surface area contributed by atoms with E-state index in [-0.39, 0.29) is 12.1 Å². The van der Waals surface area contributed by atoms with E-state index in [9.17, 15) is 10.1 Å². The van der Waals surface area contributed by atoms with Crippen molar-refractivity contribution in [2.24, 2.45) is 0 Å². The molecule has 0 saturated carbocycles. The first-order valence-electron chi connectivity index (χ1n) is 11.4. The molecule has 3 aromatic rings. The minimum absolute atomic E-state index is 0.0743. The van der Waals surface area contributed by atoms with Crippen LogP contribution in [-0.2, 0) is 0 Å². The van der Waals surface area contributed by atoms with Gasteiger partial charge in [-0.25, -0.2) is 4.79 Å². The fourth-order valence-corrected chi connectivity index (χ4v) is 4.91. The maximum Gasteiger partial charge on any atom is 0.326 e. The van der Waals surface area contributed by atoms with Crippen LogP contribution in [0.25, 0.3) is 11.1 Å². The van der Waals surface area contributed by atoms with Gasteiger partial charge in [0.25, 0.3) is 0 Å². The zero-order valence-electron chi connectivity index (χ0n) is 19.0. The molecule has 1 aliphatic heterocycles. The number of nitrogens with zero attached hydrogens (tertiary/aromatic N) is 3. The zero-order valence-corrected chi connectivity index (χ0v) is 20.5. The number of benzene rings is 3. The van der Waals surface area contributed by atoms with Crippen molar-refractivity contribution in [3.8, 4) is 17.2 Å². The van der Waals surface area contributed by atoms with Gasteiger partial charge in [-0.1, -0.05) is 54.4 Å². The fourth-order valence-electron chi connectivity index (χ4n) is 4.38. The van der Waals surface area contributed by atoms with Crippen LogP contribution >= 0.6 is 23.2 Å². The molecule has 2 amide bonds. The van der Waals surface area contributed by atoms with Crippen molar-refractivity contribution in [3.63, 3.8) is 0 Å². The molecule has 0 spiro atoms. The Bertz CT molecular complexity index is 1180. The average Bonchev–Trinajstić information content (AvgIpc) is 2.84. The number of rotatable bonds is 5. The van der Waals surface area contributed by atoms with Gasteiger partial charge in [-0.2, -0.15) is 5.26 Å². The molecular weight excluding hydrogens is 467 g/mol. The van der Waals surface area contributed by atoms with Gasteiger partial charge in [-0.05, 0) is 73.0 Å². The third-order valence-electron chi connectivity index (χ3n) is 6.17. The number of anilines is 2. The van der Waals surface area contributed by atoms with Gasteiger partial charge in [0, 0.05) is 40.6 Å². The molecule has 1 aliphatic rings. The van der Waals surface area contributed by atoms with Gasteiger partial charge < -0.3 is 10.2 Å². The van der Waals surface area contributed by atoms with Crippen LogP contribution in [0.15, 0.2) is 66.7 Å². The predicted molar refractivity (Wildman–Crippen MR) is 140 cm³/mol. The van der Waals surface area contributed by atoms with Crippen LogP contribution in [0.5, 0.6) is 0 Å². The first kappa shape index (κ1) is 24.1. The van der Waals surface area contributed by atoms with Gasteiger partial charge in [0.05, 0.1) is 11.6 Å². The molecule has 0 unspecified atom stereocenters. The van der Waals surface area contributed by atoms with Crippen LogP contribution in [0.3, 0.4) is 0 Å². The summed E-state index contributed by atoms with van der Waals surface area (Å²) in [6.45, 7) is 5.07. The summed E-state index contributed by atoms with van der Waals surface area (Å²) in [6.07, 6.45) is 1.78. The topological polar surface area (TPSA) is 59.4 Å². The second-order valence-corrected chi connectivity index (χ2v) is 9.24. The number of halogens is 2. The van der Waals surface area contributed by atoms with Gasteiger partial charge in [0.1, 0.15) is 0 Å². The lowest BCUT2D eigenvalue weighted by Gasteiger charge is -2.38. The number of carbonyl (C=O) groups excluding carboxylic acids is 1. The first-order chi connectivity index (χ1) is 16.5. The van der Waals surface area contributed by atoms with Crippen molar-refractivity contribution in [1.82, 2.24) is 4.90 Å². The van der Waals surface area contributed by atoms with E-state index in [0.29, 0.717) is 21.3 Å². The molecule has 0 aliphatic carbocycles. The molecule has 0 aromatic heterocycles. The van der Waals surface area contributed by atoms with E-state index in [1.165, 1.54) is 0 Å². The third-order valence-corrected chi connectivity index (χ3v) is 6.61. The Hall–Kier alpha value is -3.04. The number of piperidine rings is 1. The number of hydrogen-bond acceptors (Lipinski definition) is 3. The quantitative estimate of drug-likeness (QED) is 0.414. The summed E-state index contributed by atoms with van der Waals surface area (Å²) in [4.78, 5) is 17.7. The standard InChI is InChI=1S/C27H26Cl2N4O/c1-2-32-12-10-26(11-13-32)33(27(34)31-24-16-22(28)15-23(29)17-24)25-8-6-20(7-9-25)21-5-3-4-19(14-21)18-30/h3-9,14-17,26H,2,10-13H2,1H3,(H,31,34). The highest BCUT2D eigenvalue weighted by Gasteiger charge is 2.29. The van der Waals surface area contributed by atoms with Crippen LogP contribution in [0, 0.1) is 11.3 Å². The molecule has 1 N–H and O–H groups in total. The lowest BCUT2D eigenvalue weighted by molar-refractivity contribution is 0.214. The van der Waals surface area contributed by atoms with Crippen molar-refractivity contribution < 1.29 is 4.79 Å². The zero-order chi connectivity index (χ0) is 24.1. The lowest BCUT2D eigenvalue weighted by Crippen LogP contribution is -2.49. The largest absolute Gasteiger partial charge is 0.326 e. The number of likely N-dealkylation sites (tertiary alicyclic amines) is 1. The summed E-state index contributed by atoms with van der Waals surface area (Å²) < 4.78 is 0. The predicted octanol–water partition coefficient (Wildman–Crippen LogP) is 7.05. The molecule has 4 rings (SSSR count). The molecule has 5 nitrogen and oxygen atoms in total. The van der Waals surface area contributed by atoms with Gasteiger partial charge >= 0.3 is 6.03 Å². The van der Waals surface area contributed by atoms with Crippen molar-refractivity contribution >= 4 is 40.6 Å². The van der Waals surface area contributed by atoms with E-state index in [4.69, 9.17) is 23.2 Å². The van der Waals surface area contributed by atoms with E-state index in [1.807, 2.05) is 47.4 Å². The molecule has 1 fully saturated rings. The third kappa shape index (κ3) is 5.71. The van der Waals surface area contributed by atoms with Crippen LogP contribution in [0.2, 0.25) is 10.0 Å². The molecule has 3 aromatic carbocycles. The van der Waals surface area contributed by atoms with Crippen LogP contribution in [-0.4, -0.2) is 36.6 Å². The van der Waals surface area contributed by atoms with Crippen molar-refractivity contribution in [3.05, 3.63) is 82.3 Å². The van der Waals surface area contributed by atoms with Crippen LogP contribution < -0.4 is 10.2 Å². The van der Waals surface area contributed by atoms with Crippen LogP contribution in [0.4, 0.5) is 16.2 Å². The maximum absolute atomic E-state index is 13.5. The van der Waals surface area contributed by atoms with Crippen molar-refractivity contribution in [1.29, 1.82) is 5.26 Å². The average molecular weight is 493 g/mol. The smallest absolute Gasteiger partial charge is 0.307 e. The number of amides is 2. The number of carbonyl (C=O) groups is 1.